The third kappa shape index (κ3) is 4.52. The Kier molecular flexibility index (Phi) is 5.62. The minimum Gasteiger partial charge on any atom is -0.365 e. The van der Waals surface area contributed by atoms with Crippen molar-refractivity contribution < 1.29 is 18.0 Å². The van der Waals surface area contributed by atoms with E-state index in [1.54, 1.807) is 31.2 Å². The Hall–Kier alpha value is -3.43. The molecule has 1 amide bonds. The van der Waals surface area contributed by atoms with Crippen molar-refractivity contribution in [2.24, 2.45) is 0 Å². The van der Waals surface area contributed by atoms with Gasteiger partial charge in [0.15, 0.2) is 0 Å². The molecule has 162 valence electrons. The fourth-order valence-corrected chi connectivity index (χ4v) is 3.79. The molecule has 2 aromatic heterocycles. The zero-order chi connectivity index (χ0) is 22.0. The van der Waals surface area contributed by atoms with Crippen LogP contribution in [0, 0.1) is 6.92 Å². The molecule has 0 bridgehead atoms. The highest BCUT2D eigenvalue weighted by atomic mass is 19.4. The predicted molar refractivity (Wildman–Crippen MR) is 108 cm³/mol. The van der Waals surface area contributed by atoms with Gasteiger partial charge in [-0.25, -0.2) is 4.98 Å². The quantitative estimate of drug-likeness (QED) is 0.644. The molecule has 1 saturated carbocycles. The zero-order valence-corrected chi connectivity index (χ0v) is 16.7. The Morgan fingerprint density at radius 1 is 1.13 bits per heavy atom. The van der Waals surface area contributed by atoms with Gasteiger partial charge in [-0.05, 0) is 49.9 Å². The minimum absolute atomic E-state index is 0.137. The van der Waals surface area contributed by atoms with Gasteiger partial charge in [-0.15, -0.1) is 0 Å². The number of nitrogens with zero attached hydrogens (tertiary/aromatic N) is 4. The van der Waals surface area contributed by atoms with Crippen LogP contribution in [-0.4, -0.2) is 38.0 Å². The number of aromatic nitrogens is 4. The Morgan fingerprint density at radius 2 is 1.84 bits per heavy atom. The van der Waals surface area contributed by atoms with Crippen LogP contribution in [0.15, 0.2) is 48.9 Å². The smallest absolute Gasteiger partial charge is 0.365 e. The summed E-state index contributed by atoms with van der Waals surface area (Å²) < 4.78 is 38.7. The normalized spacial score (nSPS) is 18.7. The van der Waals surface area contributed by atoms with E-state index in [1.807, 2.05) is 0 Å². The number of para-hydroxylation sites is 1. The lowest BCUT2D eigenvalue weighted by molar-refractivity contribution is -0.137. The second kappa shape index (κ2) is 8.37. The van der Waals surface area contributed by atoms with E-state index in [1.165, 1.54) is 17.2 Å². The molecular formula is C21H21F3N6O. The van der Waals surface area contributed by atoms with Crippen molar-refractivity contribution in [2.75, 3.05) is 5.32 Å². The highest BCUT2D eigenvalue weighted by Gasteiger charge is 2.33. The summed E-state index contributed by atoms with van der Waals surface area (Å²) in [5, 5.41) is 14.4. The van der Waals surface area contributed by atoms with Crippen molar-refractivity contribution in [3.8, 4) is 5.69 Å². The van der Waals surface area contributed by atoms with Crippen molar-refractivity contribution in [2.45, 2.75) is 44.4 Å². The third-order valence-corrected chi connectivity index (χ3v) is 5.34. The monoisotopic (exact) mass is 430 g/mol. The van der Waals surface area contributed by atoms with E-state index < -0.39 is 11.7 Å². The second-order valence-electron chi connectivity index (χ2n) is 7.48. The number of pyridine rings is 1. The molecule has 1 aliphatic carbocycles. The lowest BCUT2D eigenvalue weighted by Gasteiger charge is -2.24. The number of carbonyl (C=O) groups is 1. The van der Waals surface area contributed by atoms with Gasteiger partial charge in [-0.3, -0.25) is 4.79 Å². The largest absolute Gasteiger partial charge is 0.417 e. The molecule has 3 aromatic rings. The number of nitrogens with one attached hydrogen (secondary N) is 2. The maximum absolute atomic E-state index is 13.0. The van der Waals surface area contributed by atoms with Gasteiger partial charge in [0.25, 0.3) is 5.91 Å². The number of hydrogen-bond acceptors (Lipinski definition) is 5. The third-order valence-electron chi connectivity index (χ3n) is 5.34. The van der Waals surface area contributed by atoms with Gasteiger partial charge in [0.2, 0.25) is 0 Å². The Labute approximate surface area is 176 Å². The molecule has 0 aliphatic heterocycles. The highest BCUT2D eigenvalue weighted by Crippen LogP contribution is 2.31. The number of halogens is 3. The number of alkyl halides is 3. The van der Waals surface area contributed by atoms with Gasteiger partial charge >= 0.3 is 6.18 Å². The second-order valence-corrected chi connectivity index (χ2v) is 7.48. The maximum atomic E-state index is 13.0. The Morgan fingerprint density at radius 3 is 2.55 bits per heavy atom. The molecule has 1 unspecified atom stereocenters. The van der Waals surface area contributed by atoms with Crippen LogP contribution in [0.4, 0.5) is 19.0 Å². The molecule has 31 heavy (non-hydrogen) atoms. The van der Waals surface area contributed by atoms with Crippen LogP contribution in [0.25, 0.3) is 5.69 Å². The van der Waals surface area contributed by atoms with Gasteiger partial charge in [0.05, 0.1) is 29.2 Å². The summed E-state index contributed by atoms with van der Waals surface area (Å²) in [6.45, 7) is 1.58. The van der Waals surface area contributed by atoms with Gasteiger partial charge in [-0.1, -0.05) is 12.1 Å². The van der Waals surface area contributed by atoms with E-state index in [4.69, 9.17) is 0 Å². The number of hydrogen-bond donors (Lipinski definition) is 2. The number of rotatable bonds is 5. The molecule has 1 aromatic carbocycles. The number of anilines is 1. The molecular weight excluding hydrogens is 409 g/mol. The van der Waals surface area contributed by atoms with Crippen LogP contribution >= 0.6 is 0 Å². The first-order chi connectivity index (χ1) is 14.8. The average molecular weight is 430 g/mol. The summed E-state index contributed by atoms with van der Waals surface area (Å²) in [5.74, 6) is 0.129. The molecule has 0 radical (unpaired) electrons. The highest BCUT2D eigenvalue weighted by molar-refractivity contribution is 5.97. The Bertz CT molecular complexity index is 1070. The number of amides is 1. The summed E-state index contributed by atoms with van der Waals surface area (Å²) in [7, 11) is 0. The van der Waals surface area contributed by atoms with Crippen LogP contribution < -0.4 is 10.6 Å². The van der Waals surface area contributed by atoms with Crippen LogP contribution in [0.2, 0.25) is 0 Å². The maximum Gasteiger partial charge on any atom is 0.417 e. The first-order valence-electron chi connectivity index (χ1n) is 9.90. The fraction of sp³-hybridized carbons (Fsp3) is 0.333. The van der Waals surface area contributed by atoms with Crippen molar-refractivity contribution in [1.29, 1.82) is 0 Å². The van der Waals surface area contributed by atoms with E-state index >= 15 is 0 Å². The molecule has 7 nitrogen and oxygen atoms in total. The van der Waals surface area contributed by atoms with Crippen LogP contribution in [-0.2, 0) is 6.18 Å². The van der Waals surface area contributed by atoms with Crippen LogP contribution in [0.1, 0.15) is 40.7 Å². The SMILES string of the molecule is Cc1cc(C(F)(F)F)cnc1N[C@H]1CCCC1NC(=O)c1ccccc1-n1nccn1. The van der Waals surface area contributed by atoms with E-state index in [2.05, 4.69) is 25.8 Å². The van der Waals surface area contributed by atoms with Gasteiger partial charge in [0.1, 0.15) is 5.82 Å². The van der Waals surface area contributed by atoms with E-state index in [0.29, 0.717) is 22.6 Å². The van der Waals surface area contributed by atoms with E-state index in [-0.39, 0.29) is 18.0 Å². The molecule has 2 atom stereocenters. The summed E-state index contributed by atoms with van der Waals surface area (Å²) in [6.07, 6.45) is 1.86. The lowest BCUT2D eigenvalue weighted by atomic mass is 10.1. The van der Waals surface area contributed by atoms with Gasteiger partial charge in [0, 0.05) is 18.3 Å². The summed E-state index contributed by atoms with van der Waals surface area (Å²) in [6, 6.07) is 7.78. The summed E-state index contributed by atoms with van der Waals surface area (Å²) in [4.78, 5) is 18.3. The predicted octanol–water partition coefficient (Wildman–Crippen LogP) is 3.75. The Balaban J connectivity index is 1.49. The molecule has 2 N–H and O–H groups in total. The molecule has 0 saturated heterocycles. The van der Waals surface area contributed by atoms with Crippen LogP contribution in [0.3, 0.4) is 0 Å². The van der Waals surface area contributed by atoms with Gasteiger partial charge in [-0.2, -0.15) is 28.2 Å². The molecule has 10 heteroatoms. The van der Waals surface area contributed by atoms with Crippen molar-refractivity contribution in [1.82, 2.24) is 25.3 Å². The number of carbonyl (C=O) groups excluding carboxylic acids is 1. The summed E-state index contributed by atoms with van der Waals surface area (Å²) >= 11 is 0. The summed E-state index contributed by atoms with van der Waals surface area (Å²) in [5.41, 5.74) is 0.624. The average Bonchev–Trinajstić information content (AvgIpc) is 3.41. The standard InChI is InChI=1S/C21H21F3N6O/c1-13-11-14(21(22,23)24)12-25-19(13)28-16-6-4-7-17(16)29-20(31)15-5-2-3-8-18(15)30-26-9-10-27-30/h2-3,5,8-12,16-17H,4,6-7H2,1H3,(H,25,28)(H,29,31)/t16-,17?/m0/s1. The van der Waals surface area contributed by atoms with E-state index in [0.717, 1.165) is 31.5 Å². The first-order valence-corrected chi connectivity index (χ1v) is 9.90. The lowest BCUT2D eigenvalue weighted by Crippen LogP contribution is -2.43. The van der Waals surface area contributed by atoms with Crippen molar-refractivity contribution in [3.05, 3.63) is 65.6 Å². The molecule has 4 rings (SSSR count). The molecule has 0 spiro atoms. The number of aryl methyl sites for hydroxylation is 1. The molecule has 2 heterocycles. The van der Waals surface area contributed by atoms with Crippen molar-refractivity contribution >= 4 is 11.7 Å². The van der Waals surface area contributed by atoms with Crippen molar-refractivity contribution in [3.63, 3.8) is 0 Å². The topological polar surface area (TPSA) is 84.7 Å². The van der Waals surface area contributed by atoms with E-state index in [9.17, 15) is 18.0 Å². The van der Waals surface area contributed by atoms with Crippen LogP contribution in [0.5, 0.6) is 0 Å². The first kappa shape index (κ1) is 20.8. The fourth-order valence-electron chi connectivity index (χ4n) is 3.79. The minimum atomic E-state index is -4.43. The number of benzene rings is 1. The zero-order valence-electron chi connectivity index (χ0n) is 16.7. The molecule has 1 aliphatic rings. The molecule has 1 fully saturated rings. The van der Waals surface area contributed by atoms with Gasteiger partial charge < -0.3 is 10.6 Å².